The van der Waals surface area contributed by atoms with Crippen molar-refractivity contribution < 1.29 is 30.0 Å². The lowest BCUT2D eigenvalue weighted by Gasteiger charge is -2.16. The predicted octanol–water partition coefficient (Wildman–Crippen LogP) is 3.54. The number of hydrogen-bond acceptors (Lipinski definition) is 6. The Labute approximate surface area is 182 Å². The summed E-state index contributed by atoms with van der Waals surface area (Å²) in [5, 5.41) is 40.0. The number of phenolic OH excluding ortho intramolecular Hbond substituents is 2. The lowest BCUT2D eigenvalue weighted by Crippen LogP contribution is -2.24. The number of Topliss-reactive ketones (excluding diaryl/α,β-unsaturated/α-hetero) is 1. The smallest absolute Gasteiger partial charge is 0.184 e. The normalized spacial score (nSPS) is 18.2. The summed E-state index contributed by atoms with van der Waals surface area (Å²) in [4.78, 5) is 23.8. The average molecular weight is 427 g/mol. The van der Waals surface area contributed by atoms with Crippen molar-refractivity contribution in [1.29, 1.82) is 0 Å². The molecule has 0 aliphatic heterocycles. The molecule has 1 aromatic carbocycles. The lowest BCUT2D eigenvalue weighted by molar-refractivity contribution is -0.120. The fraction of sp³-hybridized carbons (Fsp3) is 0.360. The average Bonchev–Trinajstić information content (AvgIpc) is 2.71. The molecule has 4 N–H and O–H groups in total. The SMILES string of the molecule is C=C(C)C(O)CCC(C)=CCc1c(C=CC(=O)C2=CCC(=O)CC2O)ccc(O)c1O. The number of allylic oxidation sites excluding steroid dienone is 4. The molecule has 6 nitrogen and oxygen atoms in total. The Morgan fingerprint density at radius 3 is 2.65 bits per heavy atom. The zero-order valence-corrected chi connectivity index (χ0v) is 18.0. The summed E-state index contributed by atoms with van der Waals surface area (Å²) < 4.78 is 0. The van der Waals surface area contributed by atoms with Crippen LogP contribution in [0.15, 0.2) is 53.7 Å². The standard InChI is InChI=1S/C25H30O6/c1-15(2)21(27)11-5-16(3)4-9-19-17(7-13-23(29)25(19)31)6-12-22(28)20-10-8-18(26)14-24(20)30/h4,6-7,10,12-13,21,24,27,29-31H,1,5,8-9,11,14H2,2-3H3. The highest BCUT2D eigenvalue weighted by atomic mass is 16.3. The molecule has 0 saturated carbocycles. The van der Waals surface area contributed by atoms with Crippen LogP contribution in [0.4, 0.5) is 0 Å². The minimum atomic E-state index is -1.11. The molecule has 1 aromatic rings. The van der Waals surface area contributed by atoms with Crippen molar-refractivity contribution in [3.8, 4) is 11.5 Å². The molecule has 0 radical (unpaired) electrons. The van der Waals surface area contributed by atoms with E-state index in [4.69, 9.17) is 0 Å². The van der Waals surface area contributed by atoms with Crippen LogP contribution in [0, 0.1) is 0 Å². The number of benzene rings is 1. The van der Waals surface area contributed by atoms with Gasteiger partial charge in [-0.3, -0.25) is 9.59 Å². The van der Waals surface area contributed by atoms with E-state index in [2.05, 4.69) is 6.58 Å². The summed E-state index contributed by atoms with van der Waals surface area (Å²) in [5.41, 5.74) is 2.91. The number of rotatable bonds is 9. The van der Waals surface area contributed by atoms with Gasteiger partial charge in [0.15, 0.2) is 17.3 Å². The molecule has 2 unspecified atom stereocenters. The van der Waals surface area contributed by atoms with E-state index in [1.165, 1.54) is 24.3 Å². The highest BCUT2D eigenvalue weighted by molar-refractivity contribution is 6.08. The molecule has 2 rings (SSSR count). The molecule has 0 fully saturated rings. The number of ketones is 2. The van der Waals surface area contributed by atoms with Crippen LogP contribution in [0.2, 0.25) is 0 Å². The summed E-state index contributed by atoms with van der Waals surface area (Å²) in [7, 11) is 0. The summed E-state index contributed by atoms with van der Waals surface area (Å²) in [6, 6.07) is 2.94. The number of carbonyl (C=O) groups is 2. The van der Waals surface area contributed by atoms with Gasteiger partial charge in [-0.2, -0.15) is 0 Å². The molecule has 6 heteroatoms. The maximum Gasteiger partial charge on any atom is 0.184 e. The van der Waals surface area contributed by atoms with Gasteiger partial charge < -0.3 is 20.4 Å². The van der Waals surface area contributed by atoms with Crippen molar-refractivity contribution in [1.82, 2.24) is 0 Å². The fourth-order valence-electron chi connectivity index (χ4n) is 3.29. The number of aliphatic hydroxyl groups is 2. The summed E-state index contributed by atoms with van der Waals surface area (Å²) >= 11 is 0. The Bertz CT molecular complexity index is 951. The zero-order valence-electron chi connectivity index (χ0n) is 18.0. The van der Waals surface area contributed by atoms with Gasteiger partial charge in [-0.05, 0) is 50.8 Å². The first-order valence-corrected chi connectivity index (χ1v) is 10.2. The third-order valence-electron chi connectivity index (χ3n) is 5.36. The van der Waals surface area contributed by atoms with Crippen molar-refractivity contribution in [2.45, 2.75) is 58.2 Å². The molecule has 31 heavy (non-hydrogen) atoms. The Hall–Kier alpha value is -2.96. The third-order valence-corrected chi connectivity index (χ3v) is 5.36. The monoisotopic (exact) mass is 426 g/mol. The van der Waals surface area contributed by atoms with Gasteiger partial charge in [-0.15, -0.1) is 0 Å². The van der Waals surface area contributed by atoms with Crippen LogP contribution >= 0.6 is 0 Å². The molecule has 2 atom stereocenters. The minimum Gasteiger partial charge on any atom is -0.504 e. The Kier molecular flexibility index (Phi) is 8.54. The van der Waals surface area contributed by atoms with E-state index in [0.717, 1.165) is 5.57 Å². The number of carbonyl (C=O) groups excluding carboxylic acids is 2. The second-order valence-corrected chi connectivity index (χ2v) is 7.98. The summed E-state index contributed by atoms with van der Waals surface area (Å²) in [6.45, 7) is 7.43. The van der Waals surface area contributed by atoms with Crippen LogP contribution in [0.5, 0.6) is 11.5 Å². The largest absolute Gasteiger partial charge is 0.504 e. The van der Waals surface area contributed by atoms with Crippen molar-refractivity contribution in [2.75, 3.05) is 0 Å². The Morgan fingerprint density at radius 2 is 2.00 bits per heavy atom. The maximum absolute atomic E-state index is 12.4. The van der Waals surface area contributed by atoms with E-state index in [9.17, 15) is 30.0 Å². The topological polar surface area (TPSA) is 115 Å². The number of aromatic hydroxyl groups is 2. The van der Waals surface area contributed by atoms with E-state index >= 15 is 0 Å². The van der Waals surface area contributed by atoms with Crippen LogP contribution in [0.25, 0.3) is 6.08 Å². The quantitative estimate of drug-likeness (QED) is 0.273. The Balaban J connectivity index is 2.18. The maximum atomic E-state index is 12.4. The molecule has 166 valence electrons. The first kappa shape index (κ1) is 24.3. The van der Waals surface area contributed by atoms with Crippen molar-refractivity contribution in [3.63, 3.8) is 0 Å². The van der Waals surface area contributed by atoms with Crippen molar-refractivity contribution >= 4 is 17.6 Å². The van der Waals surface area contributed by atoms with Gasteiger partial charge in [0.05, 0.1) is 12.2 Å². The van der Waals surface area contributed by atoms with Gasteiger partial charge in [-0.1, -0.05) is 42.0 Å². The molecule has 0 bridgehead atoms. The Morgan fingerprint density at radius 1 is 1.29 bits per heavy atom. The highest BCUT2D eigenvalue weighted by Crippen LogP contribution is 2.33. The van der Waals surface area contributed by atoms with Crippen LogP contribution in [-0.2, 0) is 16.0 Å². The van der Waals surface area contributed by atoms with Crippen LogP contribution < -0.4 is 0 Å². The van der Waals surface area contributed by atoms with Gasteiger partial charge in [0.25, 0.3) is 0 Å². The van der Waals surface area contributed by atoms with Crippen LogP contribution in [-0.4, -0.2) is 44.2 Å². The summed E-state index contributed by atoms with van der Waals surface area (Å²) in [5.74, 6) is -1.04. The molecule has 0 spiro atoms. The summed E-state index contributed by atoms with van der Waals surface area (Å²) in [6.07, 6.45) is 6.07. The van der Waals surface area contributed by atoms with Crippen LogP contribution in [0.1, 0.15) is 50.7 Å². The number of hydrogen-bond donors (Lipinski definition) is 4. The van der Waals surface area contributed by atoms with E-state index in [1.807, 2.05) is 13.0 Å². The number of phenols is 2. The van der Waals surface area contributed by atoms with Crippen LogP contribution in [0.3, 0.4) is 0 Å². The van der Waals surface area contributed by atoms with E-state index in [0.29, 0.717) is 36.0 Å². The van der Waals surface area contributed by atoms with Gasteiger partial charge in [0.2, 0.25) is 0 Å². The molecule has 0 aromatic heterocycles. The van der Waals surface area contributed by atoms with E-state index in [1.54, 1.807) is 13.0 Å². The predicted molar refractivity (Wildman–Crippen MR) is 120 cm³/mol. The second-order valence-electron chi connectivity index (χ2n) is 7.98. The third kappa shape index (κ3) is 6.77. The second kappa shape index (κ2) is 10.9. The first-order valence-electron chi connectivity index (χ1n) is 10.2. The van der Waals surface area contributed by atoms with Gasteiger partial charge in [0.1, 0.15) is 5.78 Å². The van der Waals surface area contributed by atoms with E-state index < -0.39 is 18.0 Å². The lowest BCUT2D eigenvalue weighted by atomic mass is 9.92. The zero-order chi connectivity index (χ0) is 23.1. The number of aliphatic hydroxyl groups excluding tert-OH is 2. The van der Waals surface area contributed by atoms with Gasteiger partial charge >= 0.3 is 0 Å². The van der Waals surface area contributed by atoms with Gasteiger partial charge in [0, 0.05) is 24.0 Å². The molecule has 0 saturated heterocycles. The first-order chi connectivity index (χ1) is 14.6. The van der Waals surface area contributed by atoms with Gasteiger partial charge in [-0.25, -0.2) is 0 Å². The highest BCUT2D eigenvalue weighted by Gasteiger charge is 2.24. The minimum absolute atomic E-state index is 0.0686. The van der Waals surface area contributed by atoms with Crippen molar-refractivity contribution in [2.24, 2.45) is 0 Å². The van der Waals surface area contributed by atoms with E-state index in [-0.39, 0.29) is 35.7 Å². The molecule has 1 aliphatic carbocycles. The molecule has 0 amide bonds. The molecular formula is C25H30O6. The van der Waals surface area contributed by atoms with Crippen molar-refractivity contribution in [3.05, 3.63) is 64.8 Å². The molecule has 1 aliphatic rings. The fourth-order valence-corrected chi connectivity index (χ4v) is 3.29. The molecular weight excluding hydrogens is 396 g/mol. The molecule has 0 heterocycles.